The maximum absolute atomic E-state index is 11.2. The van der Waals surface area contributed by atoms with E-state index in [0.29, 0.717) is 5.56 Å². The normalized spacial score (nSPS) is 11.7. The molecule has 0 aromatic carbocycles. The standard InChI is InChI=1S/C15H24N2O2/c1-10(2)12-7-11(14(18)19)8-13(16-12)17(6)9-15(3,4)5/h7-8,10H,9H2,1-6H3,(H,18,19). The van der Waals surface area contributed by atoms with Crippen molar-refractivity contribution in [3.63, 3.8) is 0 Å². The van der Waals surface area contributed by atoms with E-state index in [2.05, 4.69) is 25.8 Å². The van der Waals surface area contributed by atoms with Crippen molar-refractivity contribution in [3.8, 4) is 0 Å². The fourth-order valence-electron chi connectivity index (χ4n) is 1.94. The molecule has 19 heavy (non-hydrogen) atoms. The molecule has 1 aromatic rings. The van der Waals surface area contributed by atoms with Crippen LogP contribution in [0.25, 0.3) is 0 Å². The number of carboxylic acids is 1. The minimum atomic E-state index is -0.908. The highest BCUT2D eigenvalue weighted by molar-refractivity contribution is 5.88. The number of aromatic carboxylic acids is 1. The van der Waals surface area contributed by atoms with E-state index in [1.54, 1.807) is 12.1 Å². The first-order valence-corrected chi connectivity index (χ1v) is 6.56. The van der Waals surface area contributed by atoms with Crippen molar-refractivity contribution in [1.82, 2.24) is 4.98 Å². The van der Waals surface area contributed by atoms with Crippen LogP contribution in [-0.2, 0) is 0 Å². The molecule has 0 amide bonds. The molecule has 4 nitrogen and oxygen atoms in total. The summed E-state index contributed by atoms with van der Waals surface area (Å²) in [6.45, 7) is 11.3. The number of hydrogen-bond acceptors (Lipinski definition) is 3. The van der Waals surface area contributed by atoms with Gasteiger partial charge in [0.25, 0.3) is 0 Å². The number of aromatic nitrogens is 1. The fourth-order valence-corrected chi connectivity index (χ4v) is 1.94. The van der Waals surface area contributed by atoms with E-state index in [-0.39, 0.29) is 11.3 Å². The third kappa shape index (κ3) is 4.54. The number of pyridine rings is 1. The van der Waals surface area contributed by atoms with Crippen LogP contribution in [0.4, 0.5) is 5.82 Å². The Kier molecular flexibility index (Phi) is 4.56. The maximum Gasteiger partial charge on any atom is 0.335 e. The SMILES string of the molecule is CC(C)c1cc(C(=O)O)cc(N(C)CC(C)(C)C)n1. The van der Waals surface area contributed by atoms with Gasteiger partial charge in [0, 0.05) is 19.3 Å². The number of carboxylic acid groups (broad SMARTS) is 1. The quantitative estimate of drug-likeness (QED) is 0.905. The Labute approximate surface area is 115 Å². The van der Waals surface area contributed by atoms with Crippen LogP contribution in [0.2, 0.25) is 0 Å². The van der Waals surface area contributed by atoms with Crippen molar-refractivity contribution in [2.45, 2.75) is 40.5 Å². The zero-order chi connectivity index (χ0) is 14.8. The van der Waals surface area contributed by atoms with Gasteiger partial charge in [-0.05, 0) is 23.5 Å². The highest BCUT2D eigenvalue weighted by Gasteiger charge is 2.17. The van der Waals surface area contributed by atoms with Gasteiger partial charge in [-0.25, -0.2) is 9.78 Å². The zero-order valence-corrected chi connectivity index (χ0v) is 12.7. The molecule has 0 aliphatic rings. The number of anilines is 1. The molecule has 0 aliphatic carbocycles. The van der Waals surface area contributed by atoms with Gasteiger partial charge in [-0.15, -0.1) is 0 Å². The third-order valence-corrected chi connectivity index (χ3v) is 2.77. The van der Waals surface area contributed by atoms with E-state index in [4.69, 9.17) is 0 Å². The summed E-state index contributed by atoms with van der Waals surface area (Å²) in [6, 6.07) is 3.29. The lowest BCUT2D eigenvalue weighted by Gasteiger charge is -2.28. The first kappa shape index (κ1) is 15.5. The molecular weight excluding hydrogens is 240 g/mol. The van der Waals surface area contributed by atoms with Gasteiger partial charge in [-0.2, -0.15) is 0 Å². The highest BCUT2D eigenvalue weighted by atomic mass is 16.4. The van der Waals surface area contributed by atoms with Crippen molar-refractivity contribution in [2.75, 3.05) is 18.5 Å². The lowest BCUT2D eigenvalue weighted by atomic mass is 9.96. The summed E-state index contributed by atoms with van der Waals surface area (Å²) in [5.41, 5.74) is 1.25. The van der Waals surface area contributed by atoms with Crippen LogP contribution in [-0.4, -0.2) is 29.7 Å². The van der Waals surface area contributed by atoms with E-state index in [0.717, 1.165) is 18.1 Å². The molecule has 0 unspecified atom stereocenters. The summed E-state index contributed by atoms with van der Waals surface area (Å²) >= 11 is 0. The summed E-state index contributed by atoms with van der Waals surface area (Å²) in [6.07, 6.45) is 0. The van der Waals surface area contributed by atoms with Crippen molar-refractivity contribution >= 4 is 11.8 Å². The predicted octanol–water partition coefficient (Wildman–Crippen LogP) is 3.39. The molecule has 0 atom stereocenters. The lowest BCUT2D eigenvalue weighted by molar-refractivity contribution is 0.0696. The largest absolute Gasteiger partial charge is 0.478 e. The molecule has 4 heteroatoms. The Morgan fingerprint density at radius 1 is 1.37 bits per heavy atom. The molecule has 0 fully saturated rings. The minimum Gasteiger partial charge on any atom is -0.478 e. The Morgan fingerprint density at radius 3 is 2.37 bits per heavy atom. The summed E-state index contributed by atoms with van der Waals surface area (Å²) in [5.74, 6) is 0.0225. The molecule has 0 aliphatic heterocycles. The third-order valence-electron chi connectivity index (χ3n) is 2.77. The number of hydrogen-bond donors (Lipinski definition) is 1. The van der Waals surface area contributed by atoms with Gasteiger partial charge >= 0.3 is 5.97 Å². The molecule has 1 rings (SSSR count). The van der Waals surface area contributed by atoms with Gasteiger partial charge in [0.15, 0.2) is 0 Å². The van der Waals surface area contributed by atoms with Crippen molar-refractivity contribution in [2.24, 2.45) is 5.41 Å². The van der Waals surface area contributed by atoms with Crippen LogP contribution in [0.3, 0.4) is 0 Å². The molecule has 0 saturated heterocycles. The number of carbonyl (C=O) groups is 1. The molecule has 1 aromatic heterocycles. The Balaban J connectivity index is 3.16. The summed E-state index contributed by atoms with van der Waals surface area (Å²) < 4.78 is 0. The van der Waals surface area contributed by atoms with Crippen LogP contribution in [0, 0.1) is 5.41 Å². The molecule has 0 bridgehead atoms. The topological polar surface area (TPSA) is 53.4 Å². The van der Waals surface area contributed by atoms with Crippen LogP contribution in [0.1, 0.15) is 56.6 Å². The molecule has 0 radical (unpaired) electrons. The monoisotopic (exact) mass is 264 g/mol. The molecule has 1 N–H and O–H groups in total. The molecule has 1 heterocycles. The molecule has 0 saturated carbocycles. The van der Waals surface area contributed by atoms with Crippen LogP contribution in [0.15, 0.2) is 12.1 Å². The van der Waals surface area contributed by atoms with Crippen LogP contribution in [0.5, 0.6) is 0 Å². The van der Waals surface area contributed by atoms with Gasteiger partial charge in [0.1, 0.15) is 5.82 Å². The summed E-state index contributed by atoms with van der Waals surface area (Å²) in [7, 11) is 1.95. The van der Waals surface area contributed by atoms with Crippen molar-refractivity contribution < 1.29 is 9.90 Å². The Hall–Kier alpha value is -1.58. The van der Waals surface area contributed by atoms with Crippen molar-refractivity contribution in [1.29, 1.82) is 0 Å². The van der Waals surface area contributed by atoms with Gasteiger partial charge in [0.2, 0.25) is 0 Å². The number of nitrogens with zero attached hydrogens (tertiary/aromatic N) is 2. The summed E-state index contributed by atoms with van der Waals surface area (Å²) in [4.78, 5) is 17.8. The molecule has 106 valence electrons. The van der Waals surface area contributed by atoms with E-state index >= 15 is 0 Å². The maximum atomic E-state index is 11.2. The van der Waals surface area contributed by atoms with Gasteiger partial charge in [-0.1, -0.05) is 34.6 Å². The minimum absolute atomic E-state index is 0.133. The molecule has 0 spiro atoms. The second kappa shape index (κ2) is 5.59. The Morgan fingerprint density at radius 2 is 1.95 bits per heavy atom. The first-order chi connectivity index (χ1) is 8.60. The van der Waals surface area contributed by atoms with E-state index < -0.39 is 5.97 Å². The second-order valence-electron chi connectivity index (χ2n) is 6.52. The van der Waals surface area contributed by atoms with Gasteiger partial charge in [-0.3, -0.25) is 0 Å². The van der Waals surface area contributed by atoms with Gasteiger partial charge < -0.3 is 10.0 Å². The second-order valence-corrected chi connectivity index (χ2v) is 6.52. The van der Waals surface area contributed by atoms with Crippen LogP contribution < -0.4 is 4.90 Å². The average Bonchev–Trinajstić information content (AvgIpc) is 2.25. The van der Waals surface area contributed by atoms with Crippen molar-refractivity contribution in [3.05, 3.63) is 23.4 Å². The zero-order valence-electron chi connectivity index (χ0n) is 12.7. The van der Waals surface area contributed by atoms with Gasteiger partial charge in [0.05, 0.1) is 5.56 Å². The first-order valence-electron chi connectivity index (χ1n) is 6.56. The van der Waals surface area contributed by atoms with Crippen LogP contribution >= 0.6 is 0 Å². The smallest absolute Gasteiger partial charge is 0.335 e. The Bertz CT molecular complexity index is 462. The lowest BCUT2D eigenvalue weighted by Crippen LogP contribution is -2.30. The van der Waals surface area contributed by atoms with E-state index in [1.807, 2.05) is 25.8 Å². The molecular formula is C15H24N2O2. The predicted molar refractivity (Wildman–Crippen MR) is 78.0 cm³/mol. The fraction of sp³-hybridized carbons (Fsp3) is 0.600. The highest BCUT2D eigenvalue weighted by Crippen LogP contribution is 2.23. The average molecular weight is 264 g/mol. The van der Waals surface area contributed by atoms with E-state index in [9.17, 15) is 9.90 Å². The number of rotatable bonds is 4. The summed E-state index contributed by atoms with van der Waals surface area (Å²) in [5, 5.41) is 9.18. The van der Waals surface area contributed by atoms with E-state index in [1.165, 1.54) is 0 Å².